The second-order valence-electron chi connectivity index (χ2n) is 2.96. The summed E-state index contributed by atoms with van der Waals surface area (Å²) < 4.78 is 5.28. The molecule has 2 aromatic heterocycles. The van der Waals surface area contributed by atoms with Gasteiger partial charge in [0.15, 0.2) is 5.16 Å². The van der Waals surface area contributed by atoms with E-state index in [0.29, 0.717) is 28.4 Å². The lowest BCUT2D eigenvalue weighted by Crippen LogP contribution is -2.02. The maximum absolute atomic E-state index is 5.89. The van der Waals surface area contributed by atoms with Crippen LogP contribution in [0.1, 0.15) is 6.92 Å². The number of nitrogen functional groups attached to an aromatic ring is 1. The Morgan fingerprint density at radius 2 is 2.00 bits per heavy atom. The van der Waals surface area contributed by atoms with Crippen LogP contribution in [0.25, 0.3) is 0 Å². The van der Waals surface area contributed by atoms with Crippen LogP contribution < -0.4 is 10.5 Å². The molecule has 0 unspecified atom stereocenters. The van der Waals surface area contributed by atoms with Crippen molar-refractivity contribution in [1.82, 2.24) is 19.9 Å². The van der Waals surface area contributed by atoms with Crippen LogP contribution in [0, 0.1) is 0 Å². The topological polar surface area (TPSA) is 86.8 Å². The van der Waals surface area contributed by atoms with E-state index in [4.69, 9.17) is 10.5 Å². The largest absolute Gasteiger partial charge is 0.476 e. The molecule has 0 aliphatic heterocycles. The van der Waals surface area contributed by atoms with E-state index in [1.165, 1.54) is 18.1 Å². The van der Waals surface area contributed by atoms with Crippen LogP contribution >= 0.6 is 11.8 Å². The molecule has 2 rings (SSSR count). The maximum Gasteiger partial charge on any atom is 0.241 e. The third kappa shape index (κ3) is 2.82. The number of rotatable bonds is 4. The van der Waals surface area contributed by atoms with Crippen LogP contribution in [0.5, 0.6) is 5.88 Å². The first kappa shape index (κ1) is 11.6. The van der Waals surface area contributed by atoms with Gasteiger partial charge in [-0.2, -0.15) is 4.98 Å². The normalized spacial score (nSPS) is 10.2. The van der Waals surface area contributed by atoms with Crippen molar-refractivity contribution in [3.8, 4) is 5.88 Å². The summed E-state index contributed by atoms with van der Waals surface area (Å²) in [7, 11) is 0. The molecule has 0 radical (unpaired) electrons. The Balaban J connectivity index is 2.24. The zero-order valence-corrected chi connectivity index (χ0v) is 10.0. The second kappa shape index (κ2) is 5.44. The Morgan fingerprint density at radius 1 is 1.24 bits per heavy atom. The highest BCUT2D eigenvalue weighted by molar-refractivity contribution is 7.99. The van der Waals surface area contributed by atoms with Crippen molar-refractivity contribution in [2.75, 3.05) is 12.3 Å². The minimum absolute atomic E-state index is 0.390. The van der Waals surface area contributed by atoms with Crippen LogP contribution in [0.2, 0.25) is 0 Å². The highest BCUT2D eigenvalue weighted by Crippen LogP contribution is 2.31. The molecule has 0 aromatic carbocycles. The number of ether oxygens (including phenoxy) is 1. The predicted octanol–water partition coefficient (Wildman–Crippen LogP) is 1.40. The fraction of sp³-hybridized carbons (Fsp3) is 0.200. The van der Waals surface area contributed by atoms with Crippen molar-refractivity contribution in [3.05, 3.63) is 24.8 Å². The van der Waals surface area contributed by atoms with Crippen LogP contribution in [-0.4, -0.2) is 26.5 Å². The molecule has 2 aromatic rings. The molecule has 2 N–H and O–H groups in total. The van der Waals surface area contributed by atoms with E-state index in [0.717, 1.165) is 0 Å². The van der Waals surface area contributed by atoms with E-state index in [1.807, 2.05) is 6.92 Å². The van der Waals surface area contributed by atoms with Crippen LogP contribution in [0.3, 0.4) is 0 Å². The van der Waals surface area contributed by atoms with Crippen LogP contribution in [-0.2, 0) is 0 Å². The maximum atomic E-state index is 5.89. The highest BCUT2D eigenvalue weighted by Gasteiger charge is 2.11. The molecule has 17 heavy (non-hydrogen) atoms. The Bertz CT molecular complexity index is 493. The molecule has 0 aliphatic rings. The molecule has 0 saturated heterocycles. The van der Waals surface area contributed by atoms with Gasteiger partial charge in [-0.25, -0.2) is 15.0 Å². The van der Waals surface area contributed by atoms with Gasteiger partial charge in [-0.05, 0) is 24.8 Å². The van der Waals surface area contributed by atoms with E-state index < -0.39 is 0 Å². The summed E-state index contributed by atoms with van der Waals surface area (Å²) in [5.74, 6) is 0.390. The third-order valence-corrected chi connectivity index (χ3v) is 2.73. The summed E-state index contributed by atoms with van der Waals surface area (Å²) in [6.07, 6.45) is 4.74. The van der Waals surface area contributed by atoms with Gasteiger partial charge in [-0.1, -0.05) is 0 Å². The first-order valence-electron chi connectivity index (χ1n) is 4.99. The molecular formula is C10H11N5OS. The Kier molecular flexibility index (Phi) is 3.71. The SMILES string of the molecule is CCOc1ncnc(Sc2ncccn2)c1N. The zero-order chi connectivity index (χ0) is 12.1. The van der Waals surface area contributed by atoms with Gasteiger partial charge in [-0.3, -0.25) is 0 Å². The van der Waals surface area contributed by atoms with E-state index in [-0.39, 0.29) is 0 Å². The summed E-state index contributed by atoms with van der Waals surface area (Å²) in [5.41, 5.74) is 6.30. The number of aromatic nitrogens is 4. The van der Waals surface area contributed by atoms with E-state index >= 15 is 0 Å². The smallest absolute Gasteiger partial charge is 0.241 e. The van der Waals surface area contributed by atoms with Gasteiger partial charge in [-0.15, -0.1) is 0 Å². The molecule has 88 valence electrons. The Morgan fingerprint density at radius 3 is 2.71 bits per heavy atom. The number of hydrogen-bond acceptors (Lipinski definition) is 7. The molecule has 0 saturated carbocycles. The van der Waals surface area contributed by atoms with Gasteiger partial charge < -0.3 is 10.5 Å². The number of nitrogens with two attached hydrogens (primary N) is 1. The Hall–Kier alpha value is -1.89. The highest BCUT2D eigenvalue weighted by atomic mass is 32.2. The first-order valence-corrected chi connectivity index (χ1v) is 5.81. The van der Waals surface area contributed by atoms with Gasteiger partial charge >= 0.3 is 0 Å². The van der Waals surface area contributed by atoms with E-state index in [2.05, 4.69) is 19.9 Å². The molecule has 6 nitrogen and oxygen atoms in total. The van der Waals surface area contributed by atoms with Crippen molar-refractivity contribution in [1.29, 1.82) is 0 Å². The molecule has 0 aliphatic carbocycles. The Labute approximate surface area is 103 Å². The number of hydrogen-bond donors (Lipinski definition) is 1. The standard InChI is InChI=1S/C10H11N5OS/c1-2-16-8-7(11)9(15-6-14-8)17-10-12-4-3-5-13-10/h3-6H,2,11H2,1H3. The minimum atomic E-state index is 0.390. The fourth-order valence-corrected chi connectivity index (χ4v) is 1.82. The average Bonchev–Trinajstić information content (AvgIpc) is 2.36. The van der Waals surface area contributed by atoms with Gasteiger partial charge in [0, 0.05) is 12.4 Å². The van der Waals surface area contributed by atoms with Crippen molar-refractivity contribution in [3.63, 3.8) is 0 Å². The monoisotopic (exact) mass is 249 g/mol. The quantitative estimate of drug-likeness (QED) is 0.647. The predicted molar refractivity (Wildman–Crippen MR) is 63.8 cm³/mol. The lowest BCUT2D eigenvalue weighted by atomic mass is 10.5. The summed E-state index contributed by atoms with van der Waals surface area (Å²) in [6, 6.07) is 1.75. The van der Waals surface area contributed by atoms with Crippen LogP contribution in [0.15, 0.2) is 35.0 Å². The third-order valence-electron chi connectivity index (χ3n) is 1.82. The molecular weight excluding hydrogens is 238 g/mol. The second-order valence-corrected chi connectivity index (χ2v) is 3.92. The summed E-state index contributed by atoms with van der Waals surface area (Å²) in [6.45, 7) is 2.38. The summed E-state index contributed by atoms with van der Waals surface area (Å²) in [4.78, 5) is 16.2. The summed E-state index contributed by atoms with van der Waals surface area (Å²) >= 11 is 1.28. The molecule has 0 spiro atoms. The van der Waals surface area contributed by atoms with Crippen LogP contribution in [0.4, 0.5) is 5.69 Å². The van der Waals surface area contributed by atoms with Crippen molar-refractivity contribution in [2.45, 2.75) is 17.1 Å². The van der Waals surface area contributed by atoms with Gasteiger partial charge in [0.2, 0.25) is 5.88 Å². The summed E-state index contributed by atoms with van der Waals surface area (Å²) in [5, 5.41) is 1.18. The lowest BCUT2D eigenvalue weighted by Gasteiger charge is -2.07. The zero-order valence-electron chi connectivity index (χ0n) is 9.20. The molecule has 7 heteroatoms. The molecule has 2 heterocycles. The molecule has 0 fully saturated rings. The van der Waals surface area contributed by atoms with Gasteiger partial charge in [0.25, 0.3) is 0 Å². The molecule has 0 atom stereocenters. The number of nitrogens with zero attached hydrogens (tertiary/aromatic N) is 4. The van der Waals surface area contributed by atoms with Crippen molar-refractivity contribution >= 4 is 17.4 Å². The van der Waals surface area contributed by atoms with Crippen molar-refractivity contribution in [2.24, 2.45) is 0 Å². The van der Waals surface area contributed by atoms with Crippen molar-refractivity contribution < 1.29 is 4.74 Å². The van der Waals surface area contributed by atoms with E-state index in [1.54, 1.807) is 18.5 Å². The average molecular weight is 249 g/mol. The lowest BCUT2D eigenvalue weighted by molar-refractivity contribution is 0.327. The van der Waals surface area contributed by atoms with Gasteiger partial charge in [0.05, 0.1) is 6.61 Å². The molecule has 0 bridgehead atoms. The molecule has 0 amide bonds. The minimum Gasteiger partial charge on any atom is -0.476 e. The van der Waals surface area contributed by atoms with Gasteiger partial charge in [0.1, 0.15) is 17.0 Å². The fourth-order valence-electron chi connectivity index (χ4n) is 1.12. The first-order chi connectivity index (χ1) is 8.31. The number of anilines is 1. The van der Waals surface area contributed by atoms with E-state index in [9.17, 15) is 0 Å².